The maximum atomic E-state index is 6.27. The van der Waals surface area contributed by atoms with Crippen LogP contribution < -0.4 is 10.7 Å². The lowest BCUT2D eigenvalue weighted by Crippen LogP contribution is -2.22. The maximum absolute atomic E-state index is 6.27. The fourth-order valence-electron chi connectivity index (χ4n) is 4.43. The monoisotopic (exact) mass is 445 g/mol. The number of H-pyrrole nitrogens is 1. The van der Waals surface area contributed by atoms with E-state index in [1.165, 1.54) is 39.4 Å². The highest BCUT2D eigenvalue weighted by Gasteiger charge is 2.24. The van der Waals surface area contributed by atoms with E-state index in [0.29, 0.717) is 12.5 Å². The van der Waals surface area contributed by atoms with E-state index in [9.17, 15) is 0 Å². The first-order valence-corrected chi connectivity index (χ1v) is 11.1. The van der Waals surface area contributed by atoms with Crippen molar-refractivity contribution in [2.24, 2.45) is 0 Å². The van der Waals surface area contributed by atoms with Crippen molar-refractivity contribution in [1.29, 1.82) is 0 Å². The normalized spacial score (nSPS) is 17.4. The summed E-state index contributed by atoms with van der Waals surface area (Å²) in [5, 5.41) is 2.47. The highest BCUT2D eigenvalue weighted by molar-refractivity contribution is 9.10. The standard InChI is InChI=1S/C26H24BrNO/c27-21-13-10-18(11-14-21)16-20-12-15-24(29-17-19-6-2-1-3-7-19)26-25(20)22-8-4-5-9-23(22)28-26/h1-3,6-7,9-15,20,28H,4-5,8,16-17H2. The number of aromatic amines is 1. The van der Waals surface area contributed by atoms with E-state index in [1.807, 2.05) is 6.07 Å². The summed E-state index contributed by atoms with van der Waals surface area (Å²) in [5.74, 6) is 1.33. The Kier molecular flexibility index (Phi) is 5.15. The zero-order valence-electron chi connectivity index (χ0n) is 16.3. The fraction of sp³-hybridized carbons (Fsp3) is 0.231. The first kappa shape index (κ1) is 18.5. The Morgan fingerprint density at radius 2 is 1.83 bits per heavy atom. The van der Waals surface area contributed by atoms with Crippen molar-refractivity contribution in [1.82, 2.24) is 4.98 Å². The molecule has 29 heavy (non-hydrogen) atoms. The van der Waals surface area contributed by atoms with E-state index in [4.69, 9.17) is 4.74 Å². The summed E-state index contributed by atoms with van der Waals surface area (Å²) >= 11 is 3.54. The summed E-state index contributed by atoms with van der Waals surface area (Å²) in [6.07, 6.45) is 11.4. The summed E-state index contributed by atoms with van der Waals surface area (Å²) in [6, 6.07) is 19.1. The first-order valence-electron chi connectivity index (χ1n) is 10.3. The molecule has 0 aliphatic heterocycles. The third kappa shape index (κ3) is 3.84. The van der Waals surface area contributed by atoms with Crippen molar-refractivity contribution in [2.75, 3.05) is 0 Å². The van der Waals surface area contributed by atoms with Crippen LogP contribution in [0.15, 0.2) is 71.2 Å². The van der Waals surface area contributed by atoms with Gasteiger partial charge in [0.2, 0.25) is 0 Å². The van der Waals surface area contributed by atoms with Gasteiger partial charge >= 0.3 is 0 Å². The van der Waals surface area contributed by atoms with E-state index in [1.54, 1.807) is 0 Å². The average Bonchev–Trinajstić information content (AvgIpc) is 3.16. The van der Waals surface area contributed by atoms with Gasteiger partial charge in [-0.25, -0.2) is 0 Å². The molecule has 0 amide bonds. The van der Waals surface area contributed by atoms with Gasteiger partial charge in [0.1, 0.15) is 12.4 Å². The van der Waals surface area contributed by atoms with Crippen molar-refractivity contribution in [3.63, 3.8) is 0 Å². The third-order valence-corrected chi connectivity index (χ3v) is 6.39. The summed E-state index contributed by atoms with van der Waals surface area (Å²) in [5.41, 5.74) is 5.47. The van der Waals surface area contributed by atoms with Gasteiger partial charge < -0.3 is 9.72 Å². The molecule has 2 aliphatic carbocycles. The van der Waals surface area contributed by atoms with E-state index in [2.05, 4.69) is 87.7 Å². The van der Waals surface area contributed by atoms with Crippen molar-refractivity contribution in [3.05, 3.63) is 104 Å². The van der Waals surface area contributed by atoms with Crippen LogP contribution in [-0.4, -0.2) is 4.98 Å². The second-order valence-corrected chi connectivity index (χ2v) is 8.75. The molecule has 146 valence electrons. The van der Waals surface area contributed by atoms with Crippen LogP contribution in [0.5, 0.6) is 0 Å². The molecule has 0 bridgehead atoms. The second kappa shape index (κ2) is 8.08. The van der Waals surface area contributed by atoms with E-state index >= 15 is 0 Å². The number of benzene rings is 2. The van der Waals surface area contributed by atoms with Crippen LogP contribution >= 0.6 is 15.9 Å². The largest absolute Gasteiger partial charge is 0.487 e. The number of aromatic nitrogens is 1. The minimum Gasteiger partial charge on any atom is -0.487 e. The lowest BCUT2D eigenvalue weighted by molar-refractivity contribution is 0.262. The number of ether oxygens (including phenoxy) is 1. The number of hydrogen-bond acceptors (Lipinski definition) is 1. The zero-order chi connectivity index (χ0) is 19.6. The zero-order valence-corrected chi connectivity index (χ0v) is 17.9. The molecule has 2 aliphatic rings. The predicted octanol–water partition coefficient (Wildman–Crippen LogP) is 5.12. The van der Waals surface area contributed by atoms with Gasteiger partial charge in [-0.1, -0.05) is 70.5 Å². The summed E-state index contributed by atoms with van der Waals surface area (Å²) < 4.78 is 7.39. The molecule has 1 unspecified atom stereocenters. The molecule has 1 N–H and O–H groups in total. The van der Waals surface area contributed by atoms with Crippen LogP contribution in [0.25, 0.3) is 11.8 Å². The SMILES string of the molecule is Brc1ccc(CC2C=CC(OCc3ccccc3)=c3[nH]c4c(c32)CCCC=4)cc1. The topological polar surface area (TPSA) is 25.0 Å². The van der Waals surface area contributed by atoms with Gasteiger partial charge in [-0.15, -0.1) is 0 Å². The number of hydrogen-bond donors (Lipinski definition) is 1. The van der Waals surface area contributed by atoms with Crippen molar-refractivity contribution in [2.45, 2.75) is 38.2 Å². The third-order valence-electron chi connectivity index (χ3n) is 5.86. The lowest BCUT2D eigenvalue weighted by atomic mass is 9.85. The number of nitrogens with one attached hydrogen (secondary N) is 1. The van der Waals surface area contributed by atoms with Crippen molar-refractivity contribution >= 4 is 27.8 Å². The molecule has 2 aromatic carbocycles. The molecule has 3 aromatic rings. The Morgan fingerprint density at radius 3 is 2.66 bits per heavy atom. The van der Waals surface area contributed by atoms with Gasteiger partial charge in [0, 0.05) is 15.7 Å². The van der Waals surface area contributed by atoms with Gasteiger partial charge in [-0.2, -0.15) is 0 Å². The van der Waals surface area contributed by atoms with Crippen LogP contribution in [0, 0.1) is 0 Å². The van der Waals surface area contributed by atoms with Gasteiger partial charge in [-0.05, 0) is 66.1 Å². The van der Waals surface area contributed by atoms with Crippen LogP contribution in [-0.2, 0) is 24.2 Å². The lowest BCUT2D eigenvalue weighted by Gasteiger charge is -2.20. The van der Waals surface area contributed by atoms with Crippen LogP contribution in [0.4, 0.5) is 0 Å². The molecule has 3 heteroatoms. The summed E-state index contributed by atoms with van der Waals surface area (Å²) in [6.45, 7) is 0.588. The molecule has 5 rings (SSSR count). The first-order chi connectivity index (χ1) is 14.3. The Hall–Kier alpha value is -2.52. The summed E-state index contributed by atoms with van der Waals surface area (Å²) in [7, 11) is 0. The molecule has 1 atom stereocenters. The van der Waals surface area contributed by atoms with Gasteiger partial charge in [0.05, 0.1) is 5.35 Å². The van der Waals surface area contributed by atoms with E-state index in [-0.39, 0.29) is 0 Å². The number of halogens is 1. The number of allylic oxidation sites excluding steroid dienone is 1. The maximum Gasteiger partial charge on any atom is 0.143 e. The number of rotatable bonds is 5. The Balaban J connectivity index is 1.52. The van der Waals surface area contributed by atoms with E-state index < -0.39 is 0 Å². The van der Waals surface area contributed by atoms with Crippen molar-refractivity contribution in [3.8, 4) is 0 Å². The van der Waals surface area contributed by atoms with E-state index in [0.717, 1.165) is 29.5 Å². The van der Waals surface area contributed by atoms with Gasteiger partial charge in [-0.3, -0.25) is 0 Å². The molecule has 2 nitrogen and oxygen atoms in total. The molecule has 0 saturated carbocycles. The molecular formula is C26H24BrNO. The highest BCUT2D eigenvalue weighted by Crippen LogP contribution is 2.28. The van der Waals surface area contributed by atoms with Gasteiger partial charge in [0.15, 0.2) is 0 Å². The van der Waals surface area contributed by atoms with Crippen LogP contribution in [0.3, 0.4) is 0 Å². The molecule has 0 spiro atoms. The van der Waals surface area contributed by atoms with Crippen LogP contribution in [0.1, 0.15) is 41.0 Å². The molecule has 0 saturated heterocycles. The Morgan fingerprint density at radius 1 is 1.00 bits per heavy atom. The highest BCUT2D eigenvalue weighted by atomic mass is 79.9. The van der Waals surface area contributed by atoms with Crippen molar-refractivity contribution < 1.29 is 4.74 Å². The van der Waals surface area contributed by atoms with Gasteiger partial charge in [0.25, 0.3) is 0 Å². The molecule has 1 aromatic heterocycles. The quantitative estimate of drug-likeness (QED) is 0.579. The smallest absolute Gasteiger partial charge is 0.143 e. The molecular weight excluding hydrogens is 422 g/mol. The fourth-order valence-corrected chi connectivity index (χ4v) is 4.69. The minimum atomic E-state index is 0.377. The van der Waals surface area contributed by atoms with Crippen LogP contribution in [0.2, 0.25) is 0 Å². The molecule has 0 fully saturated rings. The average molecular weight is 446 g/mol. The molecule has 1 heterocycles. The summed E-state index contributed by atoms with van der Waals surface area (Å²) in [4.78, 5) is 3.69. The number of fused-ring (bicyclic) bond motifs is 3. The predicted molar refractivity (Wildman–Crippen MR) is 122 cm³/mol. The minimum absolute atomic E-state index is 0.377. The Labute approximate surface area is 179 Å². The Bertz CT molecular complexity index is 1160. The second-order valence-electron chi connectivity index (χ2n) is 7.84. The molecule has 0 radical (unpaired) electrons.